The zero-order valence-electron chi connectivity index (χ0n) is 10.0. The van der Waals surface area contributed by atoms with Crippen LogP contribution in [-0.4, -0.2) is 6.54 Å². The van der Waals surface area contributed by atoms with E-state index < -0.39 is 0 Å². The molecule has 0 atom stereocenters. The van der Waals surface area contributed by atoms with Crippen molar-refractivity contribution in [2.45, 2.75) is 46.6 Å². The molecule has 1 heterocycles. The number of hydrogen-bond donors (Lipinski definition) is 1. The third-order valence-corrected chi connectivity index (χ3v) is 3.99. The summed E-state index contributed by atoms with van der Waals surface area (Å²) in [4.78, 5) is 3.16. The van der Waals surface area contributed by atoms with Gasteiger partial charge in [-0.05, 0) is 36.3 Å². The molecular formula is C13H21NS. The maximum Gasteiger partial charge on any atom is 0.0300 e. The number of aryl methyl sites for hydroxylation is 2. The van der Waals surface area contributed by atoms with E-state index in [2.05, 4.69) is 32.2 Å². The Bertz CT molecular complexity index is 311. The summed E-state index contributed by atoms with van der Waals surface area (Å²) in [5, 5.41) is 3.54. The molecule has 1 aromatic heterocycles. The number of thiophene rings is 1. The lowest BCUT2D eigenvalue weighted by molar-refractivity contribution is 0.380. The molecule has 0 amide bonds. The van der Waals surface area contributed by atoms with Crippen molar-refractivity contribution in [2.24, 2.45) is 5.41 Å². The average molecular weight is 223 g/mol. The van der Waals surface area contributed by atoms with Gasteiger partial charge in [-0.25, -0.2) is 0 Å². The van der Waals surface area contributed by atoms with Gasteiger partial charge in [0.15, 0.2) is 0 Å². The van der Waals surface area contributed by atoms with Gasteiger partial charge in [0.2, 0.25) is 0 Å². The van der Waals surface area contributed by atoms with Crippen molar-refractivity contribution in [1.29, 1.82) is 0 Å². The molecule has 2 rings (SSSR count). The van der Waals surface area contributed by atoms with E-state index in [-0.39, 0.29) is 0 Å². The Morgan fingerprint density at radius 1 is 1.33 bits per heavy atom. The minimum atomic E-state index is 0.389. The second kappa shape index (κ2) is 4.26. The molecule has 0 radical (unpaired) electrons. The molecule has 2 heteroatoms. The summed E-state index contributed by atoms with van der Waals surface area (Å²) < 4.78 is 0. The lowest BCUT2D eigenvalue weighted by Gasteiger charge is -2.18. The van der Waals surface area contributed by atoms with Crippen LogP contribution in [-0.2, 0) is 19.4 Å². The Morgan fingerprint density at radius 2 is 2.13 bits per heavy atom. The first kappa shape index (κ1) is 11.2. The Hall–Kier alpha value is -0.340. The predicted molar refractivity (Wildman–Crippen MR) is 67.5 cm³/mol. The lowest BCUT2D eigenvalue weighted by atomic mass is 9.97. The van der Waals surface area contributed by atoms with Crippen molar-refractivity contribution in [3.05, 3.63) is 21.4 Å². The minimum Gasteiger partial charge on any atom is -0.311 e. The molecular weight excluding hydrogens is 202 g/mol. The van der Waals surface area contributed by atoms with Crippen LogP contribution in [0.2, 0.25) is 0 Å². The van der Waals surface area contributed by atoms with Crippen molar-refractivity contribution in [1.82, 2.24) is 5.32 Å². The van der Waals surface area contributed by atoms with Crippen molar-refractivity contribution in [2.75, 3.05) is 6.54 Å². The summed E-state index contributed by atoms with van der Waals surface area (Å²) in [6.45, 7) is 8.96. The summed E-state index contributed by atoms with van der Waals surface area (Å²) >= 11 is 2.01. The van der Waals surface area contributed by atoms with Crippen molar-refractivity contribution < 1.29 is 0 Å². The zero-order chi connectivity index (χ0) is 10.9. The molecule has 15 heavy (non-hydrogen) atoms. The maximum absolute atomic E-state index is 3.54. The van der Waals surface area contributed by atoms with Gasteiger partial charge in [-0.3, -0.25) is 0 Å². The summed E-state index contributed by atoms with van der Waals surface area (Å²) in [5.74, 6) is 0. The van der Waals surface area contributed by atoms with E-state index in [1.54, 1.807) is 10.4 Å². The number of rotatable bonds is 3. The standard InChI is InChI=1S/C13H21NS/c1-13(2,3)9-14-8-11-7-10-5-4-6-12(10)15-11/h7,14H,4-6,8-9H2,1-3H3. The van der Waals surface area contributed by atoms with Gasteiger partial charge in [-0.1, -0.05) is 20.8 Å². The van der Waals surface area contributed by atoms with Crippen LogP contribution in [0.3, 0.4) is 0 Å². The first-order chi connectivity index (χ1) is 7.04. The fourth-order valence-electron chi connectivity index (χ4n) is 2.04. The van der Waals surface area contributed by atoms with E-state index in [0.29, 0.717) is 5.41 Å². The first-order valence-electron chi connectivity index (χ1n) is 5.86. The Morgan fingerprint density at radius 3 is 2.80 bits per heavy atom. The largest absolute Gasteiger partial charge is 0.311 e. The van der Waals surface area contributed by atoms with Gasteiger partial charge >= 0.3 is 0 Å². The van der Waals surface area contributed by atoms with Gasteiger partial charge in [0.05, 0.1) is 0 Å². The van der Waals surface area contributed by atoms with Gasteiger partial charge in [-0.2, -0.15) is 0 Å². The summed E-state index contributed by atoms with van der Waals surface area (Å²) in [6, 6.07) is 2.41. The monoisotopic (exact) mass is 223 g/mol. The molecule has 0 saturated carbocycles. The molecule has 0 unspecified atom stereocenters. The summed E-state index contributed by atoms with van der Waals surface area (Å²) in [6.07, 6.45) is 4.00. The number of fused-ring (bicyclic) bond motifs is 1. The summed E-state index contributed by atoms with van der Waals surface area (Å²) in [7, 11) is 0. The maximum atomic E-state index is 3.54. The smallest absolute Gasteiger partial charge is 0.0300 e. The van der Waals surface area contributed by atoms with Gasteiger partial charge in [0, 0.05) is 22.8 Å². The highest BCUT2D eigenvalue weighted by molar-refractivity contribution is 7.12. The van der Waals surface area contributed by atoms with Gasteiger partial charge in [0.25, 0.3) is 0 Å². The molecule has 0 saturated heterocycles. The molecule has 1 aliphatic rings. The van der Waals surface area contributed by atoms with E-state index >= 15 is 0 Å². The van der Waals surface area contributed by atoms with Gasteiger partial charge < -0.3 is 5.32 Å². The first-order valence-corrected chi connectivity index (χ1v) is 6.67. The highest BCUT2D eigenvalue weighted by Gasteiger charge is 2.15. The fourth-order valence-corrected chi connectivity index (χ4v) is 3.27. The molecule has 1 N–H and O–H groups in total. The summed E-state index contributed by atoms with van der Waals surface area (Å²) in [5.41, 5.74) is 2.01. The van der Waals surface area contributed by atoms with Crippen LogP contribution < -0.4 is 5.32 Å². The fraction of sp³-hybridized carbons (Fsp3) is 0.692. The SMILES string of the molecule is CC(C)(C)CNCc1cc2c(s1)CCC2. The molecule has 84 valence electrons. The molecule has 0 spiro atoms. The predicted octanol–water partition coefficient (Wildman–Crippen LogP) is 3.37. The van der Waals surface area contributed by atoms with Gasteiger partial charge in [-0.15, -0.1) is 11.3 Å². The van der Waals surface area contributed by atoms with Crippen molar-refractivity contribution >= 4 is 11.3 Å². The van der Waals surface area contributed by atoms with E-state index in [1.807, 2.05) is 11.3 Å². The van der Waals surface area contributed by atoms with Crippen LogP contribution in [0.1, 0.15) is 42.5 Å². The van der Waals surface area contributed by atoms with Crippen LogP contribution in [0.25, 0.3) is 0 Å². The number of hydrogen-bond acceptors (Lipinski definition) is 2. The molecule has 1 nitrogen and oxygen atoms in total. The molecule has 0 aromatic carbocycles. The third kappa shape index (κ3) is 3.05. The van der Waals surface area contributed by atoms with Crippen LogP contribution in [0.15, 0.2) is 6.07 Å². The van der Waals surface area contributed by atoms with Crippen LogP contribution >= 0.6 is 11.3 Å². The average Bonchev–Trinajstić information content (AvgIpc) is 2.60. The molecule has 1 aliphatic carbocycles. The van der Waals surface area contributed by atoms with Gasteiger partial charge in [0.1, 0.15) is 0 Å². The van der Waals surface area contributed by atoms with Crippen LogP contribution in [0, 0.1) is 5.41 Å². The van der Waals surface area contributed by atoms with E-state index in [9.17, 15) is 0 Å². The molecule has 1 aromatic rings. The Labute approximate surface area is 96.9 Å². The van der Waals surface area contributed by atoms with E-state index in [0.717, 1.165) is 13.1 Å². The van der Waals surface area contributed by atoms with Crippen molar-refractivity contribution in [3.63, 3.8) is 0 Å². The molecule has 0 aliphatic heterocycles. The lowest BCUT2D eigenvalue weighted by Crippen LogP contribution is -2.26. The quantitative estimate of drug-likeness (QED) is 0.828. The van der Waals surface area contributed by atoms with E-state index in [1.165, 1.54) is 24.1 Å². The Kier molecular flexibility index (Phi) is 3.17. The van der Waals surface area contributed by atoms with E-state index in [4.69, 9.17) is 0 Å². The minimum absolute atomic E-state index is 0.389. The second-order valence-corrected chi connectivity index (χ2v) is 6.90. The van der Waals surface area contributed by atoms with Crippen LogP contribution in [0.5, 0.6) is 0 Å². The van der Waals surface area contributed by atoms with Crippen LogP contribution in [0.4, 0.5) is 0 Å². The molecule has 0 bridgehead atoms. The normalized spacial score (nSPS) is 15.7. The third-order valence-electron chi connectivity index (χ3n) is 2.75. The topological polar surface area (TPSA) is 12.0 Å². The zero-order valence-corrected chi connectivity index (χ0v) is 10.8. The number of nitrogens with one attached hydrogen (secondary N) is 1. The highest BCUT2D eigenvalue weighted by atomic mass is 32.1. The second-order valence-electron chi connectivity index (χ2n) is 5.68. The van der Waals surface area contributed by atoms with Crippen molar-refractivity contribution in [3.8, 4) is 0 Å². The molecule has 0 fully saturated rings. The Balaban J connectivity index is 1.84. The highest BCUT2D eigenvalue weighted by Crippen LogP contribution is 2.30.